The molecule has 3 N–H and O–H groups in total. The number of rotatable bonds is 3. The average molecular weight is 254 g/mol. The molecule has 1 heterocycles. The topological polar surface area (TPSA) is 82.2 Å². The monoisotopic (exact) mass is 254 g/mol. The Morgan fingerprint density at radius 2 is 2.17 bits per heavy atom. The number of oxime groups is 1. The molecule has 0 radical (unpaired) electrons. The second-order valence-corrected chi connectivity index (χ2v) is 5.58. The number of nitrogens with zero attached hydrogens (tertiary/aromatic N) is 3. The number of piperidine rings is 1. The SMILES string of the molecule is CN(C)C1CCCN(C(=O)C2(C(N)=NO)CC2)C1. The van der Waals surface area contributed by atoms with Gasteiger partial charge in [0.15, 0.2) is 5.84 Å². The van der Waals surface area contributed by atoms with Gasteiger partial charge in [-0.25, -0.2) is 0 Å². The van der Waals surface area contributed by atoms with Crippen LogP contribution in [0.3, 0.4) is 0 Å². The molecule has 18 heavy (non-hydrogen) atoms. The summed E-state index contributed by atoms with van der Waals surface area (Å²) >= 11 is 0. The zero-order valence-corrected chi connectivity index (χ0v) is 11.1. The van der Waals surface area contributed by atoms with Crippen LogP contribution in [-0.2, 0) is 4.79 Å². The molecular formula is C12H22N4O2. The number of likely N-dealkylation sites (tertiary alicyclic amines) is 1. The lowest BCUT2D eigenvalue weighted by Crippen LogP contribution is -2.51. The van der Waals surface area contributed by atoms with Gasteiger partial charge in [-0.05, 0) is 39.8 Å². The van der Waals surface area contributed by atoms with Crippen LogP contribution in [-0.4, -0.2) is 60.0 Å². The van der Waals surface area contributed by atoms with Crippen molar-refractivity contribution < 1.29 is 10.0 Å². The van der Waals surface area contributed by atoms with Crippen molar-refractivity contribution in [3.05, 3.63) is 0 Å². The molecule has 1 saturated heterocycles. The predicted molar refractivity (Wildman–Crippen MR) is 68.4 cm³/mol. The van der Waals surface area contributed by atoms with Crippen LogP contribution in [0, 0.1) is 5.41 Å². The van der Waals surface area contributed by atoms with Gasteiger partial charge in [-0.1, -0.05) is 5.16 Å². The van der Waals surface area contributed by atoms with E-state index in [2.05, 4.69) is 10.1 Å². The van der Waals surface area contributed by atoms with Crippen LogP contribution in [0.4, 0.5) is 0 Å². The van der Waals surface area contributed by atoms with Crippen molar-refractivity contribution in [1.82, 2.24) is 9.80 Å². The molecule has 0 bridgehead atoms. The van der Waals surface area contributed by atoms with Crippen LogP contribution in [0.2, 0.25) is 0 Å². The molecule has 1 amide bonds. The van der Waals surface area contributed by atoms with Crippen LogP contribution in [0.5, 0.6) is 0 Å². The van der Waals surface area contributed by atoms with E-state index >= 15 is 0 Å². The van der Waals surface area contributed by atoms with E-state index in [1.807, 2.05) is 19.0 Å². The van der Waals surface area contributed by atoms with Crippen molar-refractivity contribution in [2.24, 2.45) is 16.3 Å². The summed E-state index contributed by atoms with van der Waals surface area (Å²) in [6.45, 7) is 1.52. The fourth-order valence-electron chi connectivity index (χ4n) is 2.66. The highest BCUT2D eigenvalue weighted by atomic mass is 16.4. The number of amidine groups is 1. The highest BCUT2D eigenvalue weighted by molar-refractivity contribution is 6.09. The van der Waals surface area contributed by atoms with E-state index in [1.165, 1.54) is 0 Å². The Bertz CT molecular complexity index is 363. The Balaban J connectivity index is 2.06. The first kappa shape index (κ1) is 13.1. The first-order valence-corrected chi connectivity index (χ1v) is 6.45. The number of amides is 1. The standard InChI is InChI=1S/C12H22N4O2/c1-15(2)9-4-3-7-16(8-9)11(17)12(5-6-12)10(13)14-18/h9,18H,3-8H2,1-2H3,(H2,13,14). The van der Waals surface area contributed by atoms with Gasteiger partial charge in [-0.3, -0.25) is 4.79 Å². The summed E-state index contributed by atoms with van der Waals surface area (Å²) in [7, 11) is 4.07. The fourth-order valence-corrected chi connectivity index (χ4v) is 2.66. The summed E-state index contributed by atoms with van der Waals surface area (Å²) < 4.78 is 0. The Hall–Kier alpha value is -1.30. The van der Waals surface area contributed by atoms with Gasteiger partial charge in [0.25, 0.3) is 0 Å². The molecule has 1 aliphatic heterocycles. The van der Waals surface area contributed by atoms with Crippen LogP contribution in [0.25, 0.3) is 0 Å². The number of hydrogen-bond acceptors (Lipinski definition) is 4. The minimum atomic E-state index is -0.705. The zero-order chi connectivity index (χ0) is 13.3. The van der Waals surface area contributed by atoms with E-state index < -0.39 is 5.41 Å². The van der Waals surface area contributed by atoms with Gasteiger partial charge in [0, 0.05) is 19.1 Å². The summed E-state index contributed by atoms with van der Waals surface area (Å²) in [6, 6.07) is 0.408. The third kappa shape index (κ3) is 2.16. The molecule has 6 nitrogen and oxygen atoms in total. The van der Waals surface area contributed by atoms with E-state index in [0.717, 1.165) is 25.9 Å². The lowest BCUT2D eigenvalue weighted by Gasteiger charge is -2.37. The molecule has 2 fully saturated rings. The van der Waals surface area contributed by atoms with Gasteiger partial charge in [0.2, 0.25) is 5.91 Å². The molecule has 1 aliphatic carbocycles. The quantitative estimate of drug-likeness (QED) is 0.323. The van der Waals surface area contributed by atoms with Crippen molar-refractivity contribution in [2.45, 2.75) is 31.7 Å². The third-order valence-corrected chi connectivity index (χ3v) is 4.17. The normalized spacial score (nSPS) is 27.4. The Labute approximate surface area is 107 Å². The minimum Gasteiger partial charge on any atom is -0.409 e. The lowest BCUT2D eigenvalue weighted by molar-refractivity contribution is -0.136. The number of nitrogens with two attached hydrogens (primary N) is 1. The second kappa shape index (κ2) is 4.76. The van der Waals surface area contributed by atoms with Crippen LogP contribution >= 0.6 is 0 Å². The van der Waals surface area contributed by atoms with E-state index in [-0.39, 0.29) is 11.7 Å². The molecule has 1 unspecified atom stereocenters. The lowest BCUT2D eigenvalue weighted by atomic mass is 9.99. The molecule has 2 rings (SSSR count). The van der Waals surface area contributed by atoms with E-state index in [4.69, 9.17) is 10.9 Å². The van der Waals surface area contributed by atoms with Gasteiger partial charge in [-0.15, -0.1) is 0 Å². The van der Waals surface area contributed by atoms with Gasteiger partial charge in [0.05, 0.1) is 0 Å². The highest BCUT2D eigenvalue weighted by Gasteiger charge is 2.56. The number of hydrogen-bond donors (Lipinski definition) is 2. The molecular weight excluding hydrogens is 232 g/mol. The number of carbonyl (C=O) groups is 1. The highest BCUT2D eigenvalue weighted by Crippen LogP contribution is 2.47. The van der Waals surface area contributed by atoms with Gasteiger partial charge in [0.1, 0.15) is 5.41 Å². The summed E-state index contributed by atoms with van der Waals surface area (Å²) in [5.74, 6) is 0.101. The van der Waals surface area contributed by atoms with Crippen molar-refractivity contribution in [3.63, 3.8) is 0 Å². The zero-order valence-electron chi connectivity index (χ0n) is 11.1. The molecule has 102 valence electrons. The van der Waals surface area contributed by atoms with Crippen molar-refractivity contribution >= 4 is 11.7 Å². The van der Waals surface area contributed by atoms with Crippen molar-refractivity contribution in [2.75, 3.05) is 27.2 Å². The third-order valence-electron chi connectivity index (χ3n) is 4.17. The summed E-state index contributed by atoms with van der Waals surface area (Å²) in [4.78, 5) is 16.5. The molecule has 0 aromatic rings. The number of carbonyl (C=O) groups excluding carboxylic acids is 1. The summed E-state index contributed by atoms with van der Waals surface area (Å²) in [5, 5.41) is 11.8. The molecule has 0 aromatic heterocycles. The van der Waals surface area contributed by atoms with Crippen molar-refractivity contribution in [3.8, 4) is 0 Å². The summed E-state index contributed by atoms with van der Waals surface area (Å²) in [5.41, 5.74) is 4.95. The Morgan fingerprint density at radius 3 is 2.67 bits per heavy atom. The van der Waals surface area contributed by atoms with E-state index in [1.54, 1.807) is 0 Å². The van der Waals surface area contributed by atoms with Crippen LogP contribution in [0.15, 0.2) is 5.16 Å². The van der Waals surface area contributed by atoms with Gasteiger partial charge >= 0.3 is 0 Å². The van der Waals surface area contributed by atoms with E-state index in [9.17, 15) is 4.79 Å². The minimum absolute atomic E-state index is 0.0318. The van der Waals surface area contributed by atoms with Crippen molar-refractivity contribution in [1.29, 1.82) is 0 Å². The van der Waals surface area contributed by atoms with Crippen LogP contribution in [0.1, 0.15) is 25.7 Å². The second-order valence-electron chi connectivity index (χ2n) is 5.58. The molecule has 1 atom stereocenters. The molecule has 0 spiro atoms. The summed E-state index contributed by atoms with van der Waals surface area (Å²) in [6.07, 6.45) is 3.53. The van der Waals surface area contributed by atoms with Gasteiger partial charge < -0.3 is 20.7 Å². The Morgan fingerprint density at radius 1 is 1.50 bits per heavy atom. The fraction of sp³-hybridized carbons (Fsp3) is 0.833. The van der Waals surface area contributed by atoms with Gasteiger partial charge in [-0.2, -0.15) is 0 Å². The molecule has 0 aromatic carbocycles. The maximum absolute atomic E-state index is 12.5. The Kier molecular flexibility index (Phi) is 3.47. The first-order chi connectivity index (χ1) is 8.51. The van der Waals surface area contributed by atoms with E-state index in [0.29, 0.717) is 18.9 Å². The maximum Gasteiger partial charge on any atom is 0.236 e. The maximum atomic E-state index is 12.5. The first-order valence-electron chi connectivity index (χ1n) is 6.45. The average Bonchev–Trinajstić information content (AvgIpc) is 3.18. The smallest absolute Gasteiger partial charge is 0.236 e. The molecule has 1 saturated carbocycles. The van der Waals surface area contributed by atoms with Crippen LogP contribution < -0.4 is 5.73 Å². The number of likely N-dealkylation sites (N-methyl/N-ethyl adjacent to an activating group) is 1. The molecule has 2 aliphatic rings. The predicted octanol–water partition coefficient (Wildman–Crippen LogP) is 0.0656. The largest absolute Gasteiger partial charge is 0.409 e. The molecule has 6 heteroatoms.